The molecular formula is C11H4Cl2F3N3O3S. The maximum Gasteiger partial charge on any atom is 0.534 e. The first kappa shape index (κ1) is 16.1. The molecule has 3 rings (SSSR count). The van der Waals surface area contributed by atoms with Crippen LogP contribution in [0.15, 0.2) is 24.5 Å². The Kier molecular flexibility index (Phi) is 3.58. The van der Waals surface area contributed by atoms with Gasteiger partial charge in [-0.3, -0.25) is 4.40 Å². The molecule has 0 radical (unpaired) electrons. The minimum atomic E-state index is -5.89. The van der Waals surface area contributed by atoms with Crippen molar-refractivity contribution < 1.29 is 25.8 Å². The third kappa shape index (κ3) is 2.66. The first-order chi connectivity index (χ1) is 10.6. The summed E-state index contributed by atoms with van der Waals surface area (Å²) in [5.74, 6) is -0.843. The average Bonchev–Trinajstić information content (AvgIpc) is 2.88. The van der Waals surface area contributed by atoms with Gasteiger partial charge >= 0.3 is 15.6 Å². The van der Waals surface area contributed by atoms with Crippen LogP contribution in [0.25, 0.3) is 16.7 Å². The van der Waals surface area contributed by atoms with Gasteiger partial charge in [-0.25, -0.2) is 9.97 Å². The summed E-state index contributed by atoms with van der Waals surface area (Å²) < 4.78 is 65.2. The third-order valence-electron chi connectivity index (χ3n) is 2.79. The molecule has 0 saturated heterocycles. The normalized spacial score (nSPS) is 12.9. The van der Waals surface area contributed by atoms with Crippen molar-refractivity contribution in [3.8, 4) is 5.88 Å². The molecule has 2 aromatic heterocycles. The van der Waals surface area contributed by atoms with Gasteiger partial charge in [0.05, 0.1) is 10.5 Å². The number of halogens is 5. The van der Waals surface area contributed by atoms with Gasteiger partial charge in [0.25, 0.3) is 5.88 Å². The van der Waals surface area contributed by atoms with Gasteiger partial charge < -0.3 is 4.18 Å². The number of rotatable bonds is 2. The molecule has 0 aliphatic heterocycles. The largest absolute Gasteiger partial charge is 0.534 e. The molecule has 0 saturated carbocycles. The van der Waals surface area contributed by atoms with Crippen LogP contribution in [0.1, 0.15) is 0 Å². The molecule has 0 unspecified atom stereocenters. The molecule has 0 bridgehead atoms. The Morgan fingerprint density at radius 3 is 2.57 bits per heavy atom. The highest BCUT2D eigenvalue weighted by molar-refractivity contribution is 7.88. The van der Waals surface area contributed by atoms with Crippen molar-refractivity contribution in [3.63, 3.8) is 0 Å². The van der Waals surface area contributed by atoms with E-state index >= 15 is 0 Å². The minimum Gasteiger partial charge on any atom is -0.351 e. The number of fused-ring (bicyclic) bond motifs is 3. The van der Waals surface area contributed by atoms with E-state index in [0.29, 0.717) is 5.52 Å². The maximum atomic E-state index is 12.5. The number of benzene rings is 1. The summed E-state index contributed by atoms with van der Waals surface area (Å²) in [5.41, 5.74) is -5.50. The summed E-state index contributed by atoms with van der Waals surface area (Å²) >= 11 is 11.8. The quantitative estimate of drug-likeness (QED) is 0.499. The molecule has 0 spiro atoms. The molecule has 12 heteroatoms. The summed E-state index contributed by atoms with van der Waals surface area (Å²) in [7, 11) is -5.89. The molecule has 0 aliphatic carbocycles. The number of alkyl halides is 3. The van der Waals surface area contributed by atoms with E-state index in [1.165, 1.54) is 28.9 Å². The summed E-state index contributed by atoms with van der Waals surface area (Å²) in [6.45, 7) is 0. The number of imidazole rings is 1. The lowest BCUT2D eigenvalue weighted by atomic mass is 10.3. The molecule has 0 amide bonds. The van der Waals surface area contributed by atoms with E-state index < -0.39 is 21.5 Å². The highest BCUT2D eigenvalue weighted by Crippen LogP contribution is 2.33. The molecule has 3 aromatic rings. The SMILES string of the molecule is O=S(=O)(Oc1nc2c(Cl)cc(Cl)cc2n2ccnc12)C(F)(F)F. The number of aromatic nitrogens is 3. The Labute approximate surface area is 136 Å². The zero-order valence-corrected chi connectivity index (χ0v) is 13.0. The molecule has 2 heterocycles. The Morgan fingerprint density at radius 1 is 1.22 bits per heavy atom. The fraction of sp³-hybridized carbons (Fsp3) is 0.0909. The highest BCUT2D eigenvalue weighted by atomic mass is 35.5. The topological polar surface area (TPSA) is 73.6 Å². The summed E-state index contributed by atoms with van der Waals surface area (Å²) in [6, 6.07) is 2.76. The molecular weight excluding hydrogens is 382 g/mol. The van der Waals surface area contributed by atoms with Crippen LogP contribution in [0, 0.1) is 0 Å². The van der Waals surface area contributed by atoms with Crippen LogP contribution >= 0.6 is 23.2 Å². The van der Waals surface area contributed by atoms with Gasteiger partial charge in [-0.1, -0.05) is 23.2 Å². The fourth-order valence-corrected chi connectivity index (χ4v) is 2.80. The molecule has 0 fully saturated rings. The van der Waals surface area contributed by atoms with Crippen LogP contribution in [0.4, 0.5) is 13.2 Å². The maximum absolute atomic E-state index is 12.5. The predicted molar refractivity (Wildman–Crippen MR) is 76.1 cm³/mol. The second-order valence-corrected chi connectivity index (χ2v) is 6.66. The highest BCUT2D eigenvalue weighted by Gasteiger charge is 2.49. The lowest BCUT2D eigenvalue weighted by Crippen LogP contribution is -2.28. The van der Waals surface area contributed by atoms with Crippen LogP contribution in [0.2, 0.25) is 10.0 Å². The van der Waals surface area contributed by atoms with Gasteiger partial charge in [0.15, 0.2) is 0 Å². The van der Waals surface area contributed by atoms with E-state index in [4.69, 9.17) is 23.2 Å². The third-order valence-corrected chi connectivity index (χ3v) is 4.24. The number of hydrogen-bond acceptors (Lipinski definition) is 5. The monoisotopic (exact) mass is 385 g/mol. The van der Waals surface area contributed by atoms with Gasteiger partial charge in [0.2, 0.25) is 5.65 Å². The summed E-state index contributed by atoms with van der Waals surface area (Å²) in [6.07, 6.45) is 2.61. The van der Waals surface area contributed by atoms with Crippen LogP contribution in [0.5, 0.6) is 5.88 Å². The Balaban J connectivity index is 2.31. The Morgan fingerprint density at radius 2 is 1.91 bits per heavy atom. The second kappa shape index (κ2) is 5.11. The molecule has 23 heavy (non-hydrogen) atoms. The van der Waals surface area contributed by atoms with E-state index in [1.807, 2.05) is 0 Å². The van der Waals surface area contributed by atoms with Crippen molar-refractivity contribution in [3.05, 3.63) is 34.6 Å². The average molecular weight is 386 g/mol. The van der Waals surface area contributed by atoms with Crippen molar-refractivity contribution in [1.82, 2.24) is 14.4 Å². The molecule has 1 aromatic carbocycles. The van der Waals surface area contributed by atoms with Crippen molar-refractivity contribution in [1.29, 1.82) is 0 Å². The smallest absolute Gasteiger partial charge is 0.351 e. The van der Waals surface area contributed by atoms with Gasteiger partial charge in [0, 0.05) is 17.4 Å². The predicted octanol–water partition coefficient (Wildman–Crippen LogP) is 3.42. The van der Waals surface area contributed by atoms with Gasteiger partial charge in [0.1, 0.15) is 5.52 Å². The van der Waals surface area contributed by atoms with Crippen LogP contribution < -0.4 is 4.18 Å². The molecule has 6 nitrogen and oxygen atoms in total. The molecule has 122 valence electrons. The van der Waals surface area contributed by atoms with Crippen molar-refractivity contribution in [2.24, 2.45) is 0 Å². The zero-order chi connectivity index (χ0) is 17.0. The zero-order valence-electron chi connectivity index (χ0n) is 10.7. The molecule has 0 atom stereocenters. The van der Waals surface area contributed by atoms with Gasteiger partial charge in [-0.2, -0.15) is 21.6 Å². The number of hydrogen-bond donors (Lipinski definition) is 0. The van der Waals surface area contributed by atoms with Crippen molar-refractivity contribution in [2.45, 2.75) is 5.51 Å². The first-order valence-electron chi connectivity index (χ1n) is 5.73. The van der Waals surface area contributed by atoms with Crippen molar-refractivity contribution in [2.75, 3.05) is 0 Å². The Bertz CT molecular complexity index is 1030. The van der Waals surface area contributed by atoms with E-state index in [9.17, 15) is 21.6 Å². The standard InChI is InChI=1S/C11H4Cl2F3N3O3S/c12-5-3-6(13)8-7(4-5)19-2-1-17-9(19)10(18-8)22-23(20,21)11(14,15)16/h1-4H. The van der Waals surface area contributed by atoms with E-state index in [0.717, 1.165) is 0 Å². The lowest BCUT2D eigenvalue weighted by Gasteiger charge is -2.11. The van der Waals surface area contributed by atoms with Crippen molar-refractivity contribution >= 4 is 50.0 Å². The van der Waals surface area contributed by atoms with Gasteiger partial charge in [-0.05, 0) is 12.1 Å². The Hall–Kier alpha value is -1.78. The summed E-state index contributed by atoms with van der Waals surface area (Å²) in [5, 5.41) is 0.272. The van der Waals surface area contributed by atoms with Crippen LogP contribution in [-0.2, 0) is 10.1 Å². The van der Waals surface area contributed by atoms with E-state index in [1.54, 1.807) is 0 Å². The van der Waals surface area contributed by atoms with Crippen LogP contribution in [0.3, 0.4) is 0 Å². The number of nitrogens with zero attached hydrogens (tertiary/aromatic N) is 3. The first-order valence-corrected chi connectivity index (χ1v) is 7.89. The summed E-state index contributed by atoms with van der Waals surface area (Å²) in [4.78, 5) is 7.49. The van der Waals surface area contributed by atoms with Gasteiger partial charge in [-0.15, -0.1) is 0 Å². The lowest BCUT2D eigenvalue weighted by molar-refractivity contribution is -0.0500. The fourth-order valence-electron chi connectivity index (χ4n) is 1.86. The molecule has 0 N–H and O–H groups in total. The molecule has 0 aliphatic rings. The second-order valence-electron chi connectivity index (χ2n) is 4.28. The van der Waals surface area contributed by atoms with Crippen LogP contribution in [-0.4, -0.2) is 28.3 Å². The minimum absolute atomic E-state index is 0.00828. The van der Waals surface area contributed by atoms with E-state index in [-0.39, 0.29) is 21.2 Å². The van der Waals surface area contributed by atoms with E-state index in [2.05, 4.69) is 14.2 Å².